The Morgan fingerprint density at radius 1 is 1.38 bits per heavy atom. The summed E-state index contributed by atoms with van der Waals surface area (Å²) in [4.78, 5) is 20.2. The first-order valence-electron chi connectivity index (χ1n) is 7.89. The van der Waals surface area contributed by atoms with Gasteiger partial charge in [-0.05, 0) is 27.7 Å². The maximum Gasteiger partial charge on any atom is 0.255 e. The van der Waals surface area contributed by atoms with E-state index in [0.717, 1.165) is 29.3 Å². The highest BCUT2D eigenvalue weighted by atomic mass is 16.1. The first kappa shape index (κ1) is 16.0. The highest BCUT2D eigenvalue weighted by molar-refractivity contribution is 5.99. The van der Waals surface area contributed by atoms with Gasteiger partial charge in [0.1, 0.15) is 5.82 Å². The second-order valence-corrected chi connectivity index (χ2v) is 5.77. The molecule has 0 saturated carbocycles. The van der Waals surface area contributed by atoms with Crippen LogP contribution >= 0.6 is 0 Å². The smallest absolute Gasteiger partial charge is 0.255 e. The lowest BCUT2D eigenvalue weighted by atomic mass is 10.1. The number of aromatic nitrogens is 6. The Hall–Kier alpha value is -2.90. The van der Waals surface area contributed by atoms with Gasteiger partial charge in [-0.1, -0.05) is 0 Å². The molecule has 8 heteroatoms. The number of aryl methyl sites for hydroxylation is 3. The molecule has 0 aliphatic carbocycles. The normalized spacial score (nSPS) is 12.3. The number of carbonyl (C=O) groups excluding carboxylic acids is 1. The Kier molecular flexibility index (Phi) is 4.20. The summed E-state index contributed by atoms with van der Waals surface area (Å²) in [5, 5.41) is 14.1. The van der Waals surface area contributed by atoms with Crippen LogP contribution in [0.2, 0.25) is 0 Å². The molecule has 3 aromatic heterocycles. The molecule has 126 valence electrons. The summed E-state index contributed by atoms with van der Waals surface area (Å²) < 4.78 is 1.80. The molecule has 0 radical (unpaired) electrons. The third-order valence-electron chi connectivity index (χ3n) is 4.03. The number of nitrogens with one attached hydrogen (secondary N) is 3. The van der Waals surface area contributed by atoms with Gasteiger partial charge in [0.2, 0.25) is 0 Å². The molecule has 1 unspecified atom stereocenters. The minimum atomic E-state index is -0.231. The monoisotopic (exact) mass is 327 g/mol. The van der Waals surface area contributed by atoms with Crippen LogP contribution in [0.1, 0.15) is 47.5 Å². The largest absolute Gasteiger partial charge is 0.344 e. The molecule has 0 aliphatic heterocycles. The molecule has 0 fully saturated rings. The first-order chi connectivity index (χ1) is 11.5. The van der Waals surface area contributed by atoms with Crippen molar-refractivity contribution in [1.29, 1.82) is 0 Å². The van der Waals surface area contributed by atoms with Gasteiger partial charge in [-0.25, -0.2) is 4.98 Å². The zero-order chi connectivity index (χ0) is 17.3. The predicted octanol–water partition coefficient (Wildman–Crippen LogP) is 2.12. The molecule has 8 nitrogen and oxygen atoms in total. The Morgan fingerprint density at radius 2 is 2.17 bits per heavy atom. The lowest BCUT2D eigenvalue weighted by Gasteiger charge is -2.11. The van der Waals surface area contributed by atoms with Gasteiger partial charge in [0.15, 0.2) is 0 Å². The number of hydrogen-bond acceptors (Lipinski definition) is 4. The second-order valence-electron chi connectivity index (χ2n) is 5.77. The predicted molar refractivity (Wildman–Crippen MR) is 89.4 cm³/mol. The third-order valence-corrected chi connectivity index (χ3v) is 4.03. The number of hydrogen-bond donors (Lipinski definition) is 3. The quantitative estimate of drug-likeness (QED) is 0.667. The van der Waals surface area contributed by atoms with Crippen molar-refractivity contribution in [2.24, 2.45) is 0 Å². The van der Waals surface area contributed by atoms with Crippen LogP contribution in [-0.4, -0.2) is 35.9 Å². The second kappa shape index (κ2) is 6.31. The van der Waals surface area contributed by atoms with E-state index in [9.17, 15) is 4.79 Å². The van der Waals surface area contributed by atoms with Crippen LogP contribution < -0.4 is 5.32 Å². The summed E-state index contributed by atoms with van der Waals surface area (Å²) in [6.07, 6.45) is 5.13. The van der Waals surface area contributed by atoms with E-state index in [1.807, 2.05) is 33.9 Å². The Bertz CT molecular complexity index is 838. The topological polar surface area (TPSA) is 104 Å². The molecule has 0 aromatic carbocycles. The Morgan fingerprint density at radius 3 is 2.79 bits per heavy atom. The van der Waals surface area contributed by atoms with Gasteiger partial charge in [0.25, 0.3) is 5.91 Å². The fourth-order valence-corrected chi connectivity index (χ4v) is 2.47. The summed E-state index contributed by atoms with van der Waals surface area (Å²) in [6.45, 7) is 8.56. The van der Waals surface area contributed by atoms with Crippen LogP contribution in [0.3, 0.4) is 0 Å². The Balaban J connectivity index is 1.79. The van der Waals surface area contributed by atoms with E-state index in [-0.39, 0.29) is 11.9 Å². The van der Waals surface area contributed by atoms with Gasteiger partial charge < -0.3 is 10.3 Å². The molecule has 0 bridgehead atoms. The molecule has 0 saturated heterocycles. The van der Waals surface area contributed by atoms with Crippen molar-refractivity contribution in [3.8, 4) is 11.3 Å². The average Bonchev–Trinajstić information content (AvgIpc) is 3.27. The first-order valence-corrected chi connectivity index (χ1v) is 7.89. The van der Waals surface area contributed by atoms with Crippen molar-refractivity contribution in [3.63, 3.8) is 0 Å². The van der Waals surface area contributed by atoms with E-state index in [4.69, 9.17) is 0 Å². The fraction of sp³-hybridized carbons (Fsp3) is 0.375. The molecule has 1 atom stereocenters. The van der Waals surface area contributed by atoms with Crippen LogP contribution in [0.5, 0.6) is 0 Å². The zero-order valence-corrected chi connectivity index (χ0v) is 14.2. The lowest BCUT2D eigenvalue weighted by Crippen LogP contribution is -2.27. The van der Waals surface area contributed by atoms with Gasteiger partial charge in [-0.15, -0.1) is 0 Å². The maximum absolute atomic E-state index is 12.6. The van der Waals surface area contributed by atoms with Crippen molar-refractivity contribution in [2.45, 2.75) is 40.3 Å². The summed E-state index contributed by atoms with van der Waals surface area (Å²) in [6, 6.07) is -0.231. The number of aromatic amines is 2. The van der Waals surface area contributed by atoms with Crippen LogP contribution in [0.25, 0.3) is 11.3 Å². The highest BCUT2D eigenvalue weighted by Crippen LogP contribution is 2.21. The average molecular weight is 327 g/mol. The maximum atomic E-state index is 12.6. The molecule has 24 heavy (non-hydrogen) atoms. The van der Waals surface area contributed by atoms with Crippen LogP contribution in [0.15, 0.2) is 18.6 Å². The fourth-order valence-electron chi connectivity index (χ4n) is 2.47. The van der Waals surface area contributed by atoms with Gasteiger partial charge in [0.05, 0.1) is 35.4 Å². The van der Waals surface area contributed by atoms with Crippen LogP contribution in [0.4, 0.5) is 0 Å². The number of amides is 1. The van der Waals surface area contributed by atoms with Gasteiger partial charge in [-0.3, -0.25) is 14.6 Å². The third kappa shape index (κ3) is 2.94. The Labute approximate surface area is 139 Å². The number of imidazole rings is 1. The van der Waals surface area contributed by atoms with E-state index < -0.39 is 0 Å². The molecule has 3 rings (SSSR count). The zero-order valence-electron chi connectivity index (χ0n) is 14.2. The molecular formula is C16H21N7O. The molecule has 0 aliphatic rings. The number of carbonyl (C=O) groups is 1. The van der Waals surface area contributed by atoms with Crippen LogP contribution in [0, 0.1) is 13.8 Å². The summed E-state index contributed by atoms with van der Waals surface area (Å²) >= 11 is 0. The molecule has 3 N–H and O–H groups in total. The van der Waals surface area contributed by atoms with Gasteiger partial charge in [-0.2, -0.15) is 10.2 Å². The van der Waals surface area contributed by atoms with Crippen molar-refractivity contribution in [2.75, 3.05) is 0 Å². The van der Waals surface area contributed by atoms with Crippen molar-refractivity contribution in [3.05, 3.63) is 41.4 Å². The van der Waals surface area contributed by atoms with E-state index >= 15 is 0 Å². The van der Waals surface area contributed by atoms with E-state index in [0.29, 0.717) is 11.3 Å². The van der Waals surface area contributed by atoms with Crippen molar-refractivity contribution < 1.29 is 4.79 Å². The molecule has 3 heterocycles. The van der Waals surface area contributed by atoms with Crippen molar-refractivity contribution >= 4 is 5.91 Å². The van der Waals surface area contributed by atoms with Gasteiger partial charge in [0, 0.05) is 24.0 Å². The molecule has 0 spiro atoms. The number of rotatable bonds is 5. The number of nitrogens with zero attached hydrogens (tertiary/aromatic N) is 4. The highest BCUT2D eigenvalue weighted by Gasteiger charge is 2.20. The summed E-state index contributed by atoms with van der Waals surface area (Å²) in [7, 11) is 0. The summed E-state index contributed by atoms with van der Waals surface area (Å²) in [5.41, 5.74) is 3.91. The SMILES string of the molecule is CCn1cc(-c2[nH]ncc2C(=O)NC(C)c2nc(C)c(C)[nH]2)cn1. The minimum absolute atomic E-state index is 0.206. The van der Waals surface area contributed by atoms with Crippen LogP contribution in [-0.2, 0) is 6.54 Å². The summed E-state index contributed by atoms with van der Waals surface area (Å²) in [5.74, 6) is 0.532. The molecule has 3 aromatic rings. The van der Waals surface area contributed by atoms with E-state index in [2.05, 4.69) is 30.6 Å². The van der Waals surface area contributed by atoms with Crippen molar-refractivity contribution in [1.82, 2.24) is 35.3 Å². The van der Waals surface area contributed by atoms with E-state index in [1.54, 1.807) is 10.9 Å². The molecular weight excluding hydrogens is 306 g/mol. The number of H-pyrrole nitrogens is 2. The van der Waals surface area contributed by atoms with Gasteiger partial charge >= 0.3 is 0 Å². The lowest BCUT2D eigenvalue weighted by molar-refractivity contribution is 0.0939. The molecule has 1 amide bonds. The van der Waals surface area contributed by atoms with E-state index in [1.165, 1.54) is 6.20 Å². The minimum Gasteiger partial charge on any atom is -0.344 e. The standard InChI is InChI=1S/C16H21N7O/c1-5-23-8-12(6-18-23)14-13(7-17-22-14)16(24)21-11(4)15-19-9(2)10(3)20-15/h6-8,11H,5H2,1-4H3,(H,17,22)(H,19,20)(H,21,24).